The Hall–Kier alpha value is -1.41. The minimum Gasteiger partial charge on any atom is -0.490 e. The maximum atomic E-state index is 12.5. The number of ether oxygens (including phenoxy) is 2. The molecule has 0 bridgehead atoms. The summed E-state index contributed by atoms with van der Waals surface area (Å²) in [5.74, 6) is -0.730. The molecular weight excluding hydrogens is 352 g/mol. The first-order valence-electron chi connectivity index (χ1n) is 6.34. The molecule has 1 aromatic carbocycles. The predicted octanol–water partition coefficient (Wildman–Crippen LogP) is 2.31. The van der Waals surface area contributed by atoms with E-state index in [1.54, 1.807) is 0 Å². The van der Waals surface area contributed by atoms with Crippen molar-refractivity contribution in [2.75, 3.05) is 13.2 Å². The van der Waals surface area contributed by atoms with Crippen molar-refractivity contribution in [2.24, 2.45) is 0 Å². The van der Waals surface area contributed by atoms with Crippen molar-refractivity contribution < 1.29 is 28.2 Å². The number of carbonyl (C=O) groups is 1. The van der Waals surface area contributed by atoms with Gasteiger partial charge in [0.25, 0.3) is 5.91 Å². The molecule has 0 heterocycles. The van der Waals surface area contributed by atoms with E-state index in [0.717, 1.165) is 12.8 Å². The molecule has 0 unspecified atom stereocenters. The van der Waals surface area contributed by atoms with Crippen molar-refractivity contribution >= 4 is 21.8 Å². The normalized spacial score (nSPS) is 14.1. The van der Waals surface area contributed by atoms with Gasteiger partial charge in [0.15, 0.2) is 0 Å². The summed E-state index contributed by atoms with van der Waals surface area (Å²) in [6.07, 6.45) is 1.72. The Morgan fingerprint density at radius 3 is 2.67 bits per heavy atom. The van der Waals surface area contributed by atoms with Crippen molar-refractivity contribution in [3.05, 3.63) is 22.2 Å². The summed E-state index contributed by atoms with van der Waals surface area (Å²) in [7, 11) is 0. The fourth-order valence-corrected chi connectivity index (χ4v) is 2.14. The average molecular weight is 366 g/mol. The fourth-order valence-electron chi connectivity index (χ4n) is 1.73. The van der Waals surface area contributed by atoms with Crippen LogP contribution in [0.1, 0.15) is 23.2 Å². The van der Waals surface area contributed by atoms with Gasteiger partial charge < -0.3 is 19.9 Å². The maximum Gasteiger partial charge on any atom is 0.387 e. The highest BCUT2D eigenvalue weighted by atomic mass is 79.9. The lowest BCUT2D eigenvalue weighted by atomic mass is 10.1. The zero-order valence-corrected chi connectivity index (χ0v) is 12.5. The number of benzene rings is 1. The molecule has 2 N–H and O–H groups in total. The van der Waals surface area contributed by atoms with Crippen LogP contribution >= 0.6 is 15.9 Å². The molecule has 0 aliphatic heterocycles. The molecule has 1 aliphatic rings. The molecule has 1 aliphatic carbocycles. The first kappa shape index (κ1) is 16.0. The molecule has 1 aromatic rings. The first-order chi connectivity index (χ1) is 10.0. The van der Waals surface area contributed by atoms with Crippen molar-refractivity contribution in [1.82, 2.24) is 5.32 Å². The number of alkyl halides is 2. The molecule has 1 fully saturated rings. The van der Waals surface area contributed by atoms with Gasteiger partial charge >= 0.3 is 6.61 Å². The molecule has 0 aromatic heterocycles. The lowest BCUT2D eigenvalue weighted by Gasteiger charge is -2.16. The minimum absolute atomic E-state index is 0.0612. The van der Waals surface area contributed by atoms with Crippen molar-refractivity contribution in [1.29, 1.82) is 0 Å². The second kappa shape index (κ2) is 7.04. The standard InChI is InChI=1S/C13H14BrF2NO4/c14-7-5-9(20-4-3-18)11(10(6-7)21-13(15)16)12(19)17-8-1-2-8/h5-6,8,13,18H,1-4H2,(H,17,19). The Morgan fingerprint density at radius 2 is 2.10 bits per heavy atom. The van der Waals surface area contributed by atoms with Gasteiger partial charge in [0.1, 0.15) is 23.7 Å². The third kappa shape index (κ3) is 4.53. The van der Waals surface area contributed by atoms with E-state index in [4.69, 9.17) is 9.84 Å². The first-order valence-corrected chi connectivity index (χ1v) is 7.13. The molecule has 0 spiro atoms. The molecule has 1 saturated carbocycles. The van der Waals surface area contributed by atoms with Gasteiger partial charge in [-0.1, -0.05) is 15.9 Å². The fraction of sp³-hybridized carbons (Fsp3) is 0.462. The molecule has 0 radical (unpaired) electrons. The van der Waals surface area contributed by atoms with Crippen LogP contribution in [0.5, 0.6) is 11.5 Å². The number of aliphatic hydroxyl groups excluding tert-OH is 1. The number of aliphatic hydroxyl groups is 1. The molecule has 0 saturated heterocycles. The molecule has 2 rings (SSSR count). The van der Waals surface area contributed by atoms with Gasteiger partial charge in [-0.05, 0) is 25.0 Å². The summed E-state index contributed by atoms with van der Waals surface area (Å²) in [5.41, 5.74) is -0.0983. The van der Waals surface area contributed by atoms with E-state index in [9.17, 15) is 13.6 Å². The van der Waals surface area contributed by atoms with Gasteiger partial charge in [0.05, 0.1) is 6.61 Å². The van der Waals surface area contributed by atoms with Crippen molar-refractivity contribution in [3.63, 3.8) is 0 Å². The summed E-state index contributed by atoms with van der Waals surface area (Å²) < 4.78 is 35.1. The van der Waals surface area contributed by atoms with Crippen molar-refractivity contribution in [2.45, 2.75) is 25.5 Å². The van der Waals surface area contributed by atoms with Crippen LogP contribution in [0.25, 0.3) is 0 Å². The van der Waals surface area contributed by atoms with Crippen LogP contribution in [0.15, 0.2) is 16.6 Å². The topological polar surface area (TPSA) is 67.8 Å². The minimum atomic E-state index is -3.06. The van der Waals surface area contributed by atoms with Crippen molar-refractivity contribution in [3.8, 4) is 11.5 Å². The van der Waals surface area contributed by atoms with E-state index in [1.807, 2.05) is 0 Å². The number of nitrogens with one attached hydrogen (secondary N) is 1. The third-order valence-corrected chi connectivity index (χ3v) is 3.19. The maximum absolute atomic E-state index is 12.5. The van der Waals surface area contributed by atoms with E-state index in [1.165, 1.54) is 12.1 Å². The van der Waals surface area contributed by atoms with Crippen LogP contribution in [0, 0.1) is 0 Å². The van der Waals surface area contributed by atoms with Gasteiger partial charge in [-0.2, -0.15) is 8.78 Å². The SMILES string of the molecule is O=C(NC1CC1)c1c(OCCO)cc(Br)cc1OC(F)F. The number of hydrogen-bond acceptors (Lipinski definition) is 4. The van der Waals surface area contributed by atoms with Gasteiger partial charge in [-0.3, -0.25) is 4.79 Å². The molecule has 21 heavy (non-hydrogen) atoms. The highest BCUT2D eigenvalue weighted by molar-refractivity contribution is 9.10. The quantitative estimate of drug-likeness (QED) is 0.777. The monoisotopic (exact) mass is 365 g/mol. The Kier molecular flexibility index (Phi) is 5.35. The molecule has 5 nitrogen and oxygen atoms in total. The average Bonchev–Trinajstić information content (AvgIpc) is 3.18. The van der Waals surface area contributed by atoms with Gasteiger partial charge in [-0.15, -0.1) is 0 Å². The highest BCUT2D eigenvalue weighted by Gasteiger charge is 2.28. The van der Waals surface area contributed by atoms with Crippen LogP contribution in [0.2, 0.25) is 0 Å². The lowest BCUT2D eigenvalue weighted by molar-refractivity contribution is -0.0503. The molecular formula is C13H14BrF2NO4. The van der Waals surface area contributed by atoms with E-state index in [0.29, 0.717) is 4.47 Å². The van der Waals surface area contributed by atoms with E-state index >= 15 is 0 Å². The Labute approximate surface area is 128 Å². The third-order valence-electron chi connectivity index (χ3n) is 2.74. The summed E-state index contributed by atoms with van der Waals surface area (Å²) in [5, 5.41) is 11.5. The smallest absolute Gasteiger partial charge is 0.387 e. The highest BCUT2D eigenvalue weighted by Crippen LogP contribution is 2.35. The zero-order chi connectivity index (χ0) is 15.4. The second-order valence-corrected chi connectivity index (χ2v) is 5.39. The van der Waals surface area contributed by atoms with E-state index < -0.39 is 12.5 Å². The van der Waals surface area contributed by atoms with Gasteiger partial charge in [-0.25, -0.2) is 0 Å². The largest absolute Gasteiger partial charge is 0.490 e. The molecule has 0 atom stereocenters. The summed E-state index contributed by atoms with van der Waals surface area (Å²) in [6.45, 7) is -3.38. The Morgan fingerprint density at radius 1 is 1.43 bits per heavy atom. The number of carbonyl (C=O) groups excluding carboxylic acids is 1. The van der Waals surface area contributed by atoms with E-state index in [2.05, 4.69) is 26.0 Å². The zero-order valence-electron chi connectivity index (χ0n) is 10.9. The summed E-state index contributed by atoms with van der Waals surface area (Å²) >= 11 is 3.14. The number of rotatable bonds is 7. The van der Waals surface area contributed by atoms with Crippen LogP contribution in [0.3, 0.4) is 0 Å². The van der Waals surface area contributed by atoms with Crippen LogP contribution < -0.4 is 14.8 Å². The summed E-state index contributed by atoms with van der Waals surface area (Å²) in [4.78, 5) is 12.2. The second-order valence-electron chi connectivity index (χ2n) is 4.48. The molecule has 8 heteroatoms. The number of halogens is 3. The number of amides is 1. The van der Waals surface area contributed by atoms with Crippen LogP contribution in [0.4, 0.5) is 8.78 Å². The van der Waals surface area contributed by atoms with Crippen LogP contribution in [-0.4, -0.2) is 36.9 Å². The molecule has 116 valence electrons. The lowest BCUT2D eigenvalue weighted by Crippen LogP contribution is -2.27. The Bertz CT molecular complexity index is 523. The van der Waals surface area contributed by atoms with Gasteiger partial charge in [0, 0.05) is 10.5 Å². The van der Waals surface area contributed by atoms with Gasteiger partial charge in [0.2, 0.25) is 0 Å². The summed E-state index contributed by atoms with van der Waals surface area (Å²) in [6, 6.07) is 2.81. The Balaban J connectivity index is 2.35. The number of hydrogen-bond donors (Lipinski definition) is 2. The van der Waals surface area contributed by atoms with E-state index in [-0.39, 0.29) is 36.3 Å². The predicted molar refractivity (Wildman–Crippen MR) is 73.8 cm³/mol. The van der Waals surface area contributed by atoms with Crippen LogP contribution in [-0.2, 0) is 0 Å². The molecule has 1 amide bonds.